The molecule has 0 atom stereocenters. The summed E-state index contributed by atoms with van der Waals surface area (Å²) in [6, 6.07) is 14.6. The van der Waals surface area contributed by atoms with Crippen LogP contribution in [-0.4, -0.2) is 50.1 Å². The van der Waals surface area contributed by atoms with Gasteiger partial charge in [-0.3, -0.25) is 9.69 Å². The first-order valence-electron chi connectivity index (χ1n) is 11.3. The molecule has 5 heteroatoms. The van der Waals surface area contributed by atoms with Crippen LogP contribution in [0.1, 0.15) is 37.3 Å². The lowest BCUT2D eigenvalue weighted by Gasteiger charge is -2.37. The molecule has 0 unspecified atom stereocenters. The molecule has 2 aromatic carbocycles. The zero-order valence-corrected chi connectivity index (χ0v) is 18.0. The molecule has 1 fully saturated rings. The van der Waals surface area contributed by atoms with Gasteiger partial charge in [-0.15, -0.1) is 0 Å². The highest BCUT2D eigenvalue weighted by atomic mass is 16.5. The highest BCUT2D eigenvalue weighted by molar-refractivity contribution is 5.92. The number of aryl methyl sites for hydroxylation is 1. The van der Waals surface area contributed by atoms with Gasteiger partial charge < -0.3 is 15.0 Å². The largest absolute Gasteiger partial charge is 0.493 e. The van der Waals surface area contributed by atoms with Gasteiger partial charge in [0.25, 0.3) is 0 Å². The van der Waals surface area contributed by atoms with Crippen molar-refractivity contribution < 1.29 is 9.53 Å². The fraction of sp³-hybridized carbons (Fsp3) is 0.480. The van der Waals surface area contributed by atoms with Crippen LogP contribution in [0.2, 0.25) is 0 Å². The van der Waals surface area contributed by atoms with Crippen LogP contribution in [0.3, 0.4) is 0 Å². The molecule has 4 rings (SSSR count). The maximum atomic E-state index is 11.5. The Labute approximate surface area is 180 Å². The monoisotopic (exact) mass is 407 g/mol. The minimum atomic E-state index is -0.0271. The number of para-hydroxylation sites is 2. The fourth-order valence-corrected chi connectivity index (χ4v) is 4.61. The van der Waals surface area contributed by atoms with Crippen LogP contribution in [-0.2, 0) is 17.6 Å². The Kier molecular flexibility index (Phi) is 6.90. The maximum absolute atomic E-state index is 11.5. The first kappa shape index (κ1) is 20.7. The summed E-state index contributed by atoms with van der Waals surface area (Å²) in [5.74, 6) is 1.08. The van der Waals surface area contributed by atoms with Gasteiger partial charge in [0.05, 0.1) is 18.0 Å². The van der Waals surface area contributed by atoms with E-state index in [4.69, 9.17) is 4.74 Å². The van der Waals surface area contributed by atoms with Crippen molar-refractivity contribution in [3.8, 4) is 5.75 Å². The second-order valence-corrected chi connectivity index (χ2v) is 8.33. The van der Waals surface area contributed by atoms with E-state index in [0.29, 0.717) is 0 Å². The molecule has 0 aromatic heterocycles. The summed E-state index contributed by atoms with van der Waals surface area (Å²) in [6.45, 7) is 7.43. The molecular formula is C25H33N3O2. The summed E-state index contributed by atoms with van der Waals surface area (Å²) in [5, 5.41) is 2.95. The SMILES string of the molecule is CC(=O)Nc1ccccc1N1CCN(CCCOc2cccc3c2CCCC3)CC1. The predicted molar refractivity (Wildman–Crippen MR) is 123 cm³/mol. The number of benzene rings is 2. The molecule has 0 radical (unpaired) electrons. The van der Waals surface area contributed by atoms with Gasteiger partial charge in [0.2, 0.25) is 5.91 Å². The standard InChI is InChI=1S/C25H33N3O2/c1-20(29)26-23-11-4-5-12-24(23)28-17-15-27(16-18-28)14-7-19-30-25-13-6-9-21-8-2-3-10-22(21)25/h4-6,9,11-13H,2-3,7-8,10,14-19H2,1H3,(H,26,29). The highest BCUT2D eigenvalue weighted by Gasteiger charge is 2.19. The number of nitrogens with one attached hydrogen (secondary N) is 1. The smallest absolute Gasteiger partial charge is 0.221 e. The quantitative estimate of drug-likeness (QED) is 0.702. The Bertz CT molecular complexity index is 859. The average molecular weight is 408 g/mol. The molecule has 1 N–H and O–H groups in total. The molecule has 2 aliphatic rings. The molecule has 0 bridgehead atoms. The number of carbonyl (C=O) groups excluding carboxylic acids is 1. The number of anilines is 2. The van der Waals surface area contributed by atoms with E-state index in [1.807, 2.05) is 18.2 Å². The summed E-state index contributed by atoms with van der Waals surface area (Å²) in [6.07, 6.45) is 5.99. The van der Waals surface area contributed by atoms with Crippen LogP contribution in [0.5, 0.6) is 5.75 Å². The molecule has 160 valence electrons. The van der Waals surface area contributed by atoms with Crippen LogP contribution in [0.15, 0.2) is 42.5 Å². The van der Waals surface area contributed by atoms with Crippen molar-refractivity contribution in [3.05, 3.63) is 53.6 Å². The lowest BCUT2D eigenvalue weighted by Crippen LogP contribution is -2.47. The molecule has 0 saturated carbocycles. The molecule has 1 aliphatic heterocycles. The van der Waals surface area contributed by atoms with Crippen molar-refractivity contribution in [1.29, 1.82) is 0 Å². The number of carbonyl (C=O) groups is 1. The third-order valence-electron chi connectivity index (χ3n) is 6.16. The number of piperazine rings is 1. The zero-order valence-electron chi connectivity index (χ0n) is 18.0. The summed E-state index contributed by atoms with van der Waals surface area (Å²) in [7, 11) is 0. The van der Waals surface area contributed by atoms with Crippen LogP contribution < -0.4 is 15.0 Å². The Hall–Kier alpha value is -2.53. The van der Waals surface area contributed by atoms with Gasteiger partial charge in [0, 0.05) is 39.6 Å². The number of rotatable bonds is 7. The van der Waals surface area contributed by atoms with Gasteiger partial charge in [-0.05, 0) is 61.4 Å². The summed E-state index contributed by atoms with van der Waals surface area (Å²) in [5.41, 5.74) is 4.94. The zero-order chi connectivity index (χ0) is 20.8. The summed E-state index contributed by atoms with van der Waals surface area (Å²) < 4.78 is 6.16. The number of fused-ring (bicyclic) bond motifs is 1. The normalized spacial score (nSPS) is 16.8. The minimum Gasteiger partial charge on any atom is -0.493 e. The van der Waals surface area contributed by atoms with Gasteiger partial charge in [-0.2, -0.15) is 0 Å². The van der Waals surface area contributed by atoms with E-state index < -0.39 is 0 Å². The van der Waals surface area contributed by atoms with E-state index in [1.54, 1.807) is 6.92 Å². The fourth-order valence-electron chi connectivity index (χ4n) is 4.61. The van der Waals surface area contributed by atoms with Crippen molar-refractivity contribution in [2.45, 2.75) is 39.0 Å². The van der Waals surface area contributed by atoms with Gasteiger partial charge >= 0.3 is 0 Å². The van der Waals surface area contributed by atoms with Crippen LogP contribution >= 0.6 is 0 Å². The van der Waals surface area contributed by atoms with Crippen molar-refractivity contribution in [1.82, 2.24) is 4.90 Å². The molecular weight excluding hydrogens is 374 g/mol. The van der Waals surface area contributed by atoms with E-state index in [9.17, 15) is 4.79 Å². The Morgan fingerprint density at radius 3 is 2.63 bits per heavy atom. The highest BCUT2D eigenvalue weighted by Crippen LogP contribution is 2.30. The van der Waals surface area contributed by atoms with Gasteiger partial charge in [-0.25, -0.2) is 0 Å². The molecule has 5 nitrogen and oxygen atoms in total. The van der Waals surface area contributed by atoms with E-state index in [-0.39, 0.29) is 5.91 Å². The lowest BCUT2D eigenvalue weighted by molar-refractivity contribution is -0.114. The van der Waals surface area contributed by atoms with Crippen molar-refractivity contribution in [3.63, 3.8) is 0 Å². The van der Waals surface area contributed by atoms with E-state index in [1.165, 1.54) is 30.4 Å². The van der Waals surface area contributed by atoms with Gasteiger partial charge in [0.1, 0.15) is 5.75 Å². The Morgan fingerprint density at radius 2 is 1.80 bits per heavy atom. The Balaban J connectivity index is 1.22. The van der Waals surface area contributed by atoms with Crippen molar-refractivity contribution >= 4 is 17.3 Å². The molecule has 30 heavy (non-hydrogen) atoms. The molecule has 2 aromatic rings. The molecule has 1 aliphatic carbocycles. The molecule has 1 amide bonds. The second-order valence-electron chi connectivity index (χ2n) is 8.33. The number of nitrogens with zero attached hydrogens (tertiary/aromatic N) is 2. The van der Waals surface area contributed by atoms with Crippen LogP contribution in [0, 0.1) is 0 Å². The number of ether oxygens (including phenoxy) is 1. The maximum Gasteiger partial charge on any atom is 0.221 e. The lowest BCUT2D eigenvalue weighted by atomic mass is 9.91. The summed E-state index contributed by atoms with van der Waals surface area (Å²) in [4.78, 5) is 16.4. The molecule has 0 spiro atoms. The average Bonchev–Trinajstić information content (AvgIpc) is 2.77. The minimum absolute atomic E-state index is 0.0271. The number of hydrogen-bond acceptors (Lipinski definition) is 4. The van der Waals surface area contributed by atoms with Gasteiger partial charge in [0.15, 0.2) is 0 Å². The third kappa shape index (κ3) is 5.14. The van der Waals surface area contributed by atoms with Crippen LogP contribution in [0.25, 0.3) is 0 Å². The number of hydrogen-bond donors (Lipinski definition) is 1. The molecule has 1 saturated heterocycles. The van der Waals surface area contributed by atoms with Gasteiger partial charge in [-0.1, -0.05) is 24.3 Å². The Morgan fingerprint density at radius 1 is 1.00 bits per heavy atom. The van der Waals surface area contributed by atoms with Crippen LogP contribution in [0.4, 0.5) is 11.4 Å². The van der Waals surface area contributed by atoms with E-state index in [2.05, 4.69) is 39.4 Å². The first-order chi connectivity index (χ1) is 14.7. The topological polar surface area (TPSA) is 44.8 Å². The van der Waals surface area contributed by atoms with Crippen molar-refractivity contribution in [2.24, 2.45) is 0 Å². The molecule has 1 heterocycles. The predicted octanol–water partition coefficient (Wildman–Crippen LogP) is 4.11. The number of amides is 1. The summed E-state index contributed by atoms with van der Waals surface area (Å²) >= 11 is 0. The third-order valence-corrected chi connectivity index (χ3v) is 6.16. The van der Waals surface area contributed by atoms with E-state index in [0.717, 1.165) is 69.3 Å². The first-order valence-corrected chi connectivity index (χ1v) is 11.3. The second kappa shape index (κ2) is 9.98. The van der Waals surface area contributed by atoms with E-state index >= 15 is 0 Å². The van der Waals surface area contributed by atoms with Crippen molar-refractivity contribution in [2.75, 3.05) is 49.5 Å².